The van der Waals surface area contributed by atoms with Gasteiger partial charge in [-0.25, -0.2) is 0 Å². The van der Waals surface area contributed by atoms with Gasteiger partial charge in [0.2, 0.25) is 5.88 Å². The lowest BCUT2D eigenvalue weighted by Crippen LogP contribution is -2.22. The molecular formula is C19H20Cl2N4O2. The summed E-state index contributed by atoms with van der Waals surface area (Å²) in [7, 11) is 0. The van der Waals surface area contributed by atoms with E-state index >= 15 is 0 Å². The summed E-state index contributed by atoms with van der Waals surface area (Å²) in [5, 5.41) is 28.5. The Morgan fingerprint density at radius 3 is 2.56 bits per heavy atom. The van der Waals surface area contributed by atoms with Crippen LogP contribution in [0.4, 0.5) is 11.4 Å². The number of hydrogen-bond donors (Lipinski definition) is 1. The number of aromatic nitrogens is 1. The summed E-state index contributed by atoms with van der Waals surface area (Å²) in [5.41, 5.74) is 0.265. The summed E-state index contributed by atoms with van der Waals surface area (Å²) >= 11 is 11.8. The first-order valence-corrected chi connectivity index (χ1v) is 9.39. The number of hydrogen-bond acceptors (Lipinski definition) is 5. The van der Waals surface area contributed by atoms with Gasteiger partial charge in [-0.15, -0.1) is 5.11 Å². The second-order valence-electron chi connectivity index (χ2n) is 6.10. The standard InChI is InChI=1S/C19H20Cl2N4O2/c1-3-4-5-6-9-25-18(26)14(11-22)12(2)17(19(25)27)24-23-13-7-8-15(20)16(21)10-13/h7-8,10,26H,3-6,9H2,1-2H3. The van der Waals surface area contributed by atoms with Crippen molar-refractivity contribution < 1.29 is 5.11 Å². The maximum absolute atomic E-state index is 12.8. The van der Waals surface area contributed by atoms with Crippen molar-refractivity contribution in [3.05, 3.63) is 49.7 Å². The molecule has 142 valence electrons. The van der Waals surface area contributed by atoms with Gasteiger partial charge in [0.15, 0.2) is 5.69 Å². The van der Waals surface area contributed by atoms with Gasteiger partial charge in [-0.1, -0.05) is 49.4 Å². The summed E-state index contributed by atoms with van der Waals surface area (Å²) < 4.78 is 1.18. The number of halogens is 2. The zero-order valence-corrected chi connectivity index (χ0v) is 16.7. The van der Waals surface area contributed by atoms with E-state index in [0.717, 1.165) is 25.7 Å². The minimum absolute atomic E-state index is 0.0194. The molecule has 0 aliphatic rings. The van der Waals surface area contributed by atoms with Crippen molar-refractivity contribution in [3.8, 4) is 11.9 Å². The molecule has 8 heteroatoms. The molecule has 0 spiro atoms. The SMILES string of the molecule is CCCCCCn1c(O)c(C#N)c(C)c(N=Nc2ccc(Cl)c(Cl)c2)c1=O. The molecule has 0 amide bonds. The third-order valence-electron chi connectivity index (χ3n) is 4.17. The molecule has 6 nitrogen and oxygen atoms in total. The number of nitriles is 1. The summed E-state index contributed by atoms with van der Waals surface area (Å²) in [6.45, 7) is 3.96. The third-order valence-corrected chi connectivity index (χ3v) is 4.91. The number of nitrogens with zero attached hydrogens (tertiary/aromatic N) is 4. The molecule has 0 aliphatic heterocycles. The van der Waals surface area contributed by atoms with E-state index in [1.807, 2.05) is 6.07 Å². The molecule has 0 aliphatic carbocycles. The highest BCUT2D eigenvalue weighted by molar-refractivity contribution is 6.42. The molecule has 1 N–H and O–H groups in total. The minimum atomic E-state index is -0.482. The van der Waals surface area contributed by atoms with E-state index in [-0.39, 0.29) is 22.7 Å². The van der Waals surface area contributed by atoms with Crippen LogP contribution in [0.5, 0.6) is 5.88 Å². The van der Waals surface area contributed by atoms with Gasteiger partial charge >= 0.3 is 0 Å². The summed E-state index contributed by atoms with van der Waals surface area (Å²) in [4.78, 5) is 12.8. The summed E-state index contributed by atoms with van der Waals surface area (Å²) in [5.74, 6) is -0.329. The second-order valence-corrected chi connectivity index (χ2v) is 6.91. The molecule has 0 saturated heterocycles. The fourth-order valence-corrected chi connectivity index (χ4v) is 2.91. The molecular weight excluding hydrogens is 387 g/mol. The van der Waals surface area contributed by atoms with Crippen LogP contribution >= 0.6 is 23.2 Å². The Morgan fingerprint density at radius 2 is 1.93 bits per heavy atom. The zero-order valence-electron chi connectivity index (χ0n) is 15.2. The quantitative estimate of drug-likeness (QED) is 0.448. The van der Waals surface area contributed by atoms with Crippen LogP contribution in [0.15, 0.2) is 33.2 Å². The van der Waals surface area contributed by atoms with E-state index < -0.39 is 5.56 Å². The molecule has 0 bridgehead atoms. The lowest BCUT2D eigenvalue weighted by Gasteiger charge is -2.12. The van der Waals surface area contributed by atoms with Gasteiger partial charge < -0.3 is 5.11 Å². The van der Waals surface area contributed by atoms with E-state index in [9.17, 15) is 15.2 Å². The molecule has 0 radical (unpaired) electrons. The average molecular weight is 407 g/mol. The number of rotatable bonds is 7. The van der Waals surface area contributed by atoms with E-state index in [1.165, 1.54) is 10.6 Å². The predicted molar refractivity (Wildman–Crippen MR) is 107 cm³/mol. The van der Waals surface area contributed by atoms with Crippen molar-refractivity contribution in [1.29, 1.82) is 5.26 Å². The Balaban J connectivity index is 2.45. The van der Waals surface area contributed by atoms with Gasteiger partial charge in [-0.3, -0.25) is 9.36 Å². The van der Waals surface area contributed by atoms with Crippen LogP contribution in [-0.2, 0) is 6.54 Å². The maximum Gasteiger partial charge on any atom is 0.281 e. The largest absolute Gasteiger partial charge is 0.493 e. The van der Waals surface area contributed by atoms with Crippen LogP contribution in [0.2, 0.25) is 10.0 Å². The number of unbranched alkanes of at least 4 members (excludes halogenated alkanes) is 3. The van der Waals surface area contributed by atoms with Crippen molar-refractivity contribution in [2.75, 3.05) is 0 Å². The molecule has 27 heavy (non-hydrogen) atoms. The normalized spacial score (nSPS) is 11.1. The molecule has 1 aromatic carbocycles. The molecule has 2 rings (SSSR count). The highest BCUT2D eigenvalue weighted by Crippen LogP contribution is 2.29. The van der Waals surface area contributed by atoms with Crippen molar-refractivity contribution in [1.82, 2.24) is 4.57 Å². The lowest BCUT2D eigenvalue weighted by molar-refractivity contribution is 0.397. The first kappa shape index (κ1) is 20.9. The van der Waals surface area contributed by atoms with Gasteiger partial charge in [-0.05, 0) is 31.5 Å². The number of pyridine rings is 1. The third kappa shape index (κ3) is 4.88. The van der Waals surface area contributed by atoms with Gasteiger partial charge in [0.25, 0.3) is 5.56 Å². The smallest absolute Gasteiger partial charge is 0.281 e. The zero-order chi connectivity index (χ0) is 20.0. The van der Waals surface area contributed by atoms with Crippen LogP contribution in [0, 0.1) is 18.3 Å². The fourth-order valence-electron chi connectivity index (χ4n) is 2.62. The van der Waals surface area contributed by atoms with E-state index in [1.54, 1.807) is 19.1 Å². The van der Waals surface area contributed by atoms with Gasteiger partial charge in [-0.2, -0.15) is 10.4 Å². The fraction of sp³-hybridized carbons (Fsp3) is 0.368. The monoisotopic (exact) mass is 406 g/mol. The molecule has 1 heterocycles. The summed E-state index contributed by atoms with van der Waals surface area (Å²) in [6.07, 6.45) is 3.74. The van der Waals surface area contributed by atoms with E-state index in [0.29, 0.717) is 22.3 Å². The maximum atomic E-state index is 12.8. The highest BCUT2D eigenvalue weighted by atomic mass is 35.5. The lowest BCUT2D eigenvalue weighted by atomic mass is 10.1. The summed E-state index contributed by atoms with van der Waals surface area (Å²) in [6, 6.07) is 6.65. The first-order valence-electron chi connectivity index (χ1n) is 8.64. The van der Waals surface area contributed by atoms with Crippen LogP contribution in [0.1, 0.15) is 43.7 Å². The number of benzene rings is 1. The molecule has 2 aromatic rings. The second kappa shape index (κ2) is 9.54. The highest BCUT2D eigenvalue weighted by Gasteiger charge is 2.19. The number of aromatic hydroxyl groups is 1. The Hall–Kier alpha value is -2.36. The van der Waals surface area contributed by atoms with E-state index in [4.69, 9.17) is 23.2 Å². The Bertz CT molecular complexity index is 962. The van der Waals surface area contributed by atoms with Crippen LogP contribution in [0.3, 0.4) is 0 Å². The Labute approximate surface area is 167 Å². The van der Waals surface area contributed by atoms with Crippen LogP contribution < -0.4 is 5.56 Å². The van der Waals surface area contributed by atoms with Gasteiger partial charge in [0.1, 0.15) is 11.6 Å². The van der Waals surface area contributed by atoms with Gasteiger partial charge in [0.05, 0.1) is 15.7 Å². The molecule has 0 unspecified atom stereocenters. The number of azo groups is 1. The molecule has 1 aromatic heterocycles. The molecule has 0 saturated carbocycles. The van der Waals surface area contributed by atoms with Crippen LogP contribution in [-0.4, -0.2) is 9.67 Å². The Kier molecular flexibility index (Phi) is 7.40. The van der Waals surface area contributed by atoms with Gasteiger partial charge in [0, 0.05) is 12.1 Å². The van der Waals surface area contributed by atoms with Crippen molar-refractivity contribution in [3.63, 3.8) is 0 Å². The topological polar surface area (TPSA) is 90.7 Å². The first-order chi connectivity index (χ1) is 12.9. The van der Waals surface area contributed by atoms with Crippen molar-refractivity contribution >= 4 is 34.6 Å². The Morgan fingerprint density at radius 1 is 1.19 bits per heavy atom. The average Bonchev–Trinajstić information content (AvgIpc) is 2.64. The van der Waals surface area contributed by atoms with Crippen LogP contribution in [0.25, 0.3) is 0 Å². The minimum Gasteiger partial charge on any atom is -0.493 e. The van der Waals surface area contributed by atoms with Crippen molar-refractivity contribution in [2.45, 2.75) is 46.1 Å². The predicted octanol–water partition coefficient (Wildman–Crippen LogP) is 6.04. The van der Waals surface area contributed by atoms with E-state index in [2.05, 4.69) is 17.2 Å². The molecule has 0 fully saturated rings. The van der Waals surface area contributed by atoms with Crippen molar-refractivity contribution in [2.24, 2.45) is 10.2 Å². The molecule has 0 atom stereocenters.